The van der Waals surface area contributed by atoms with Crippen molar-refractivity contribution in [1.82, 2.24) is 15.4 Å². The van der Waals surface area contributed by atoms with E-state index in [2.05, 4.69) is 34.7 Å². The Morgan fingerprint density at radius 2 is 2.12 bits per heavy atom. The van der Waals surface area contributed by atoms with Gasteiger partial charge in [0.15, 0.2) is 0 Å². The first kappa shape index (κ1) is 16.6. The first-order valence-electron chi connectivity index (χ1n) is 8.62. The van der Waals surface area contributed by atoms with E-state index < -0.39 is 0 Å². The van der Waals surface area contributed by atoms with Crippen LogP contribution in [-0.2, 0) is 12.8 Å². The molecule has 24 heavy (non-hydrogen) atoms. The molecule has 5 nitrogen and oxygen atoms in total. The summed E-state index contributed by atoms with van der Waals surface area (Å²) in [6, 6.07) is 10.5. The molecule has 1 fully saturated rings. The number of aryl methyl sites for hydroxylation is 2. The molecular formula is C19H25N3O2. The third kappa shape index (κ3) is 3.96. The van der Waals surface area contributed by atoms with E-state index in [1.54, 1.807) is 0 Å². The summed E-state index contributed by atoms with van der Waals surface area (Å²) in [5.41, 5.74) is 3.35. The summed E-state index contributed by atoms with van der Waals surface area (Å²) in [6.45, 7) is 6.14. The van der Waals surface area contributed by atoms with Crippen molar-refractivity contribution in [3.63, 3.8) is 0 Å². The van der Waals surface area contributed by atoms with Crippen molar-refractivity contribution in [2.24, 2.45) is 5.92 Å². The van der Waals surface area contributed by atoms with Gasteiger partial charge in [-0.25, -0.2) is 4.79 Å². The number of amides is 2. The lowest BCUT2D eigenvalue weighted by molar-refractivity contribution is 0.207. The molecule has 0 spiro atoms. The Kier molecular flexibility index (Phi) is 5.18. The Morgan fingerprint density at radius 1 is 1.33 bits per heavy atom. The highest BCUT2D eigenvalue weighted by molar-refractivity contribution is 5.74. The largest absolute Gasteiger partial charge is 0.361 e. The second kappa shape index (κ2) is 7.51. The number of hydrogen-bond donors (Lipinski definition) is 1. The highest BCUT2D eigenvalue weighted by Gasteiger charge is 2.26. The quantitative estimate of drug-likeness (QED) is 0.918. The van der Waals surface area contributed by atoms with Gasteiger partial charge in [-0.2, -0.15) is 0 Å². The van der Waals surface area contributed by atoms with E-state index >= 15 is 0 Å². The average molecular weight is 327 g/mol. The molecule has 2 amide bonds. The Morgan fingerprint density at radius 3 is 2.83 bits per heavy atom. The number of aromatic nitrogens is 1. The molecule has 0 aliphatic carbocycles. The first-order valence-corrected chi connectivity index (χ1v) is 8.62. The molecule has 1 atom stereocenters. The van der Waals surface area contributed by atoms with Crippen LogP contribution in [0.25, 0.3) is 0 Å². The smallest absolute Gasteiger partial charge is 0.317 e. The second-order valence-electron chi connectivity index (χ2n) is 6.58. The molecule has 3 rings (SSSR count). The standard InChI is InChI=1S/C19H25N3O2/c1-14-18(15(2)24-21-14)8-10-20-19(23)22-11-9-17(13-22)12-16-6-4-3-5-7-16/h3-7,17H,8-13H2,1-2H3,(H,20,23)/t17-/m0/s1. The molecule has 1 N–H and O–H groups in total. The molecule has 0 saturated carbocycles. The molecule has 1 aromatic heterocycles. The predicted molar refractivity (Wildman–Crippen MR) is 92.9 cm³/mol. The van der Waals surface area contributed by atoms with Crippen LogP contribution >= 0.6 is 0 Å². The fourth-order valence-electron chi connectivity index (χ4n) is 3.40. The molecule has 1 aliphatic rings. The van der Waals surface area contributed by atoms with Crippen LogP contribution in [0.5, 0.6) is 0 Å². The topological polar surface area (TPSA) is 58.4 Å². The van der Waals surface area contributed by atoms with Crippen LogP contribution in [0.3, 0.4) is 0 Å². The first-order chi connectivity index (χ1) is 11.6. The molecule has 1 aliphatic heterocycles. The summed E-state index contributed by atoms with van der Waals surface area (Å²) in [4.78, 5) is 14.2. The molecule has 1 aromatic carbocycles. The van der Waals surface area contributed by atoms with Gasteiger partial charge in [-0.15, -0.1) is 0 Å². The highest BCUT2D eigenvalue weighted by atomic mass is 16.5. The van der Waals surface area contributed by atoms with Gasteiger partial charge in [-0.05, 0) is 44.6 Å². The van der Waals surface area contributed by atoms with E-state index in [4.69, 9.17) is 4.52 Å². The number of likely N-dealkylation sites (tertiary alicyclic amines) is 1. The maximum Gasteiger partial charge on any atom is 0.317 e. The zero-order valence-electron chi connectivity index (χ0n) is 14.4. The summed E-state index contributed by atoms with van der Waals surface area (Å²) < 4.78 is 5.15. The maximum absolute atomic E-state index is 12.3. The maximum atomic E-state index is 12.3. The highest BCUT2D eigenvalue weighted by Crippen LogP contribution is 2.20. The van der Waals surface area contributed by atoms with Gasteiger partial charge >= 0.3 is 6.03 Å². The average Bonchev–Trinajstić information content (AvgIpc) is 3.17. The Bertz CT molecular complexity index is 662. The lowest BCUT2D eigenvalue weighted by atomic mass is 9.99. The molecule has 2 aromatic rings. The van der Waals surface area contributed by atoms with Gasteiger partial charge in [0.1, 0.15) is 5.76 Å². The molecule has 0 bridgehead atoms. The summed E-state index contributed by atoms with van der Waals surface area (Å²) >= 11 is 0. The number of nitrogens with one attached hydrogen (secondary N) is 1. The predicted octanol–water partition coefficient (Wildman–Crippen LogP) is 3.11. The minimum atomic E-state index is 0.0392. The van der Waals surface area contributed by atoms with Crippen molar-refractivity contribution in [3.8, 4) is 0 Å². The van der Waals surface area contributed by atoms with Crippen LogP contribution in [0.4, 0.5) is 4.79 Å². The Labute approximate surface area is 143 Å². The van der Waals surface area contributed by atoms with Gasteiger partial charge in [0.25, 0.3) is 0 Å². The van der Waals surface area contributed by atoms with Crippen LogP contribution in [0, 0.1) is 19.8 Å². The normalized spacial score (nSPS) is 17.2. The van der Waals surface area contributed by atoms with Crippen LogP contribution in [0.1, 0.15) is 29.0 Å². The zero-order valence-corrected chi connectivity index (χ0v) is 14.4. The fourth-order valence-corrected chi connectivity index (χ4v) is 3.40. The molecule has 128 valence electrons. The number of hydrogen-bond acceptors (Lipinski definition) is 3. The van der Waals surface area contributed by atoms with Gasteiger partial charge in [-0.3, -0.25) is 0 Å². The minimum Gasteiger partial charge on any atom is -0.361 e. The van der Waals surface area contributed by atoms with Crippen molar-refractivity contribution < 1.29 is 9.32 Å². The summed E-state index contributed by atoms with van der Waals surface area (Å²) in [6.07, 6.45) is 2.88. The molecule has 0 radical (unpaired) electrons. The van der Waals surface area contributed by atoms with Gasteiger partial charge < -0.3 is 14.7 Å². The van der Waals surface area contributed by atoms with Crippen molar-refractivity contribution in [3.05, 3.63) is 52.9 Å². The van der Waals surface area contributed by atoms with Gasteiger partial charge in [-0.1, -0.05) is 35.5 Å². The number of benzene rings is 1. The monoisotopic (exact) mass is 327 g/mol. The van der Waals surface area contributed by atoms with Gasteiger partial charge in [0, 0.05) is 25.2 Å². The van der Waals surface area contributed by atoms with Gasteiger partial charge in [0.2, 0.25) is 0 Å². The van der Waals surface area contributed by atoms with Crippen molar-refractivity contribution in [1.29, 1.82) is 0 Å². The van der Waals surface area contributed by atoms with Crippen molar-refractivity contribution in [2.75, 3.05) is 19.6 Å². The number of urea groups is 1. The number of nitrogens with zero attached hydrogens (tertiary/aromatic N) is 2. The van der Waals surface area contributed by atoms with E-state index in [0.29, 0.717) is 12.5 Å². The lowest BCUT2D eigenvalue weighted by Crippen LogP contribution is -2.39. The Balaban J connectivity index is 1.43. The third-order valence-corrected chi connectivity index (χ3v) is 4.77. The summed E-state index contributed by atoms with van der Waals surface area (Å²) in [7, 11) is 0. The van der Waals surface area contributed by atoms with Crippen LogP contribution in [0.2, 0.25) is 0 Å². The molecule has 0 unspecified atom stereocenters. The Hall–Kier alpha value is -2.30. The molecule has 1 saturated heterocycles. The molecule has 2 heterocycles. The van der Waals surface area contributed by atoms with Crippen molar-refractivity contribution >= 4 is 6.03 Å². The van der Waals surface area contributed by atoms with E-state index in [1.807, 2.05) is 24.8 Å². The number of rotatable bonds is 5. The lowest BCUT2D eigenvalue weighted by Gasteiger charge is -2.17. The van der Waals surface area contributed by atoms with Crippen molar-refractivity contribution in [2.45, 2.75) is 33.1 Å². The van der Waals surface area contributed by atoms with Crippen LogP contribution < -0.4 is 5.32 Å². The summed E-state index contributed by atoms with van der Waals surface area (Å²) in [5, 5.41) is 6.96. The molecular weight excluding hydrogens is 302 g/mol. The van der Waals surface area contributed by atoms with Crippen LogP contribution in [0.15, 0.2) is 34.9 Å². The number of carbonyl (C=O) groups excluding carboxylic acids is 1. The fraction of sp³-hybridized carbons (Fsp3) is 0.474. The van der Waals surface area contributed by atoms with E-state index in [9.17, 15) is 4.79 Å². The third-order valence-electron chi connectivity index (χ3n) is 4.77. The van der Waals surface area contributed by atoms with Crippen LogP contribution in [-0.4, -0.2) is 35.7 Å². The number of carbonyl (C=O) groups is 1. The van der Waals surface area contributed by atoms with E-state index in [0.717, 1.165) is 49.4 Å². The molecule has 5 heteroatoms. The minimum absolute atomic E-state index is 0.0392. The van der Waals surface area contributed by atoms with E-state index in [-0.39, 0.29) is 6.03 Å². The SMILES string of the molecule is Cc1noc(C)c1CCNC(=O)N1CC[C@@H](Cc2ccccc2)C1. The summed E-state index contributed by atoms with van der Waals surface area (Å²) in [5.74, 6) is 1.39. The van der Waals surface area contributed by atoms with Gasteiger partial charge in [0.05, 0.1) is 5.69 Å². The van der Waals surface area contributed by atoms with E-state index in [1.165, 1.54) is 5.56 Å². The zero-order chi connectivity index (χ0) is 16.9. The second-order valence-corrected chi connectivity index (χ2v) is 6.58.